The van der Waals surface area contributed by atoms with Crippen molar-refractivity contribution in [3.05, 3.63) is 70.0 Å². The highest BCUT2D eigenvalue weighted by atomic mass is 19.4. The number of halogens is 7. The summed E-state index contributed by atoms with van der Waals surface area (Å²) in [6.45, 7) is 4.79. The molecule has 0 saturated carbocycles. The SMILES string of the molecule is Cc1cc(F)ccc1[C@@H]1C[C@@H](NC(=O)C(C)C)CCN1C(=O)N(C)Cc1cc(C(F)(F)F)cc(C(F)(F)F)c1. The Balaban J connectivity index is 1.90. The van der Waals surface area contributed by atoms with Crippen molar-refractivity contribution in [1.29, 1.82) is 0 Å². The molecule has 1 aliphatic rings. The van der Waals surface area contributed by atoms with Crippen LogP contribution in [0.25, 0.3) is 0 Å². The van der Waals surface area contributed by atoms with Crippen LogP contribution in [-0.4, -0.2) is 41.4 Å². The molecule has 1 saturated heterocycles. The molecule has 39 heavy (non-hydrogen) atoms. The van der Waals surface area contributed by atoms with Crippen LogP contribution in [0.1, 0.15) is 60.5 Å². The van der Waals surface area contributed by atoms with Gasteiger partial charge in [-0.05, 0) is 66.8 Å². The summed E-state index contributed by atoms with van der Waals surface area (Å²) in [7, 11) is 1.29. The lowest BCUT2D eigenvalue weighted by atomic mass is 9.89. The van der Waals surface area contributed by atoms with Gasteiger partial charge in [0.15, 0.2) is 0 Å². The molecular weight excluding hydrogens is 531 g/mol. The minimum Gasteiger partial charge on any atom is -0.353 e. The normalized spacial score (nSPS) is 18.3. The molecule has 12 heteroatoms. The molecule has 2 atom stereocenters. The molecule has 0 radical (unpaired) electrons. The largest absolute Gasteiger partial charge is 0.416 e. The molecule has 1 heterocycles. The predicted octanol–water partition coefficient (Wildman–Crippen LogP) is 6.70. The van der Waals surface area contributed by atoms with E-state index in [-0.39, 0.29) is 36.0 Å². The Hall–Kier alpha value is -3.31. The van der Waals surface area contributed by atoms with Crippen LogP contribution >= 0.6 is 0 Å². The average Bonchev–Trinajstić information content (AvgIpc) is 2.82. The van der Waals surface area contributed by atoms with Gasteiger partial charge in [-0.25, -0.2) is 9.18 Å². The molecule has 0 bridgehead atoms. The molecule has 214 valence electrons. The molecule has 1 fully saturated rings. The van der Waals surface area contributed by atoms with Crippen molar-refractivity contribution in [3.63, 3.8) is 0 Å². The summed E-state index contributed by atoms with van der Waals surface area (Å²) in [5.74, 6) is -0.913. The third-order valence-electron chi connectivity index (χ3n) is 6.70. The quantitative estimate of drug-likeness (QED) is 0.413. The highest BCUT2D eigenvalue weighted by Gasteiger charge is 2.38. The number of rotatable bonds is 5. The van der Waals surface area contributed by atoms with E-state index in [1.54, 1.807) is 20.8 Å². The van der Waals surface area contributed by atoms with E-state index in [1.165, 1.54) is 30.1 Å². The standard InChI is InChI=1S/C27H30F7N3O2/c1-15(2)24(38)35-21-7-8-37(23(13-21)22-6-5-20(28)9-16(22)3)25(39)36(4)14-17-10-18(26(29,30)31)12-19(11-17)27(32,33)34/h5-6,9-12,15,21,23H,7-8,13-14H2,1-4H3,(H,35,38)/t21-,23-/m0/s1. The van der Waals surface area contributed by atoms with E-state index in [4.69, 9.17) is 0 Å². The van der Waals surface area contributed by atoms with Gasteiger partial charge in [-0.1, -0.05) is 19.9 Å². The number of amides is 3. The number of hydrogen-bond acceptors (Lipinski definition) is 2. The fourth-order valence-corrected chi connectivity index (χ4v) is 4.67. The van der Waals surface area contributed by atoms with Crippen LogP contribution in [0, 0.1) is 18.7 Å². The minimum atomic E-state index is -5.01. The second kappa shape index (κ2) is 11.4. The predicted molar refractivity (Wildman–Crippen MR) is 130 cm³/mol. The minimum absolute atomic E-state index is 0.0366. The summed E-state index contributed by atoms with van der Waals surface area (Å²) < 4.78 is 93.6. The number of piperidine rings is 1. The van der Waals surface area contributed by atoms with Crippen LogP contribution in [0.5, 0.6) is 0 Å². The van der Waals surface area contributed by atoms with Gasteiger partial charge in [-0.3, -0.25) is 4.79 Å². The zero-order chi connectivity index (χ0) is 29.3. The molecule has 0 aromatic heterocycles. The molecule has 3 amide bonds. The third-order valence-corrected chi connectivity index (χ3v) is 6.70. The lowest BCUT2D eigenvalue weighted by Gasteiger charge is -2.42. The first-order chi connectivity index (χ1) is 18.0. The van der Waals surface area contributed by atoms with Gasteiger partial charge in [-0.2, -0.15) is 26.3 Å². The van der Waals surface area contributed by atoms with E-state index in [0.717, 1.165) is 4.90 Å². The Morgan fingerprint density at radius 1 is 1.03 bits per heavy atom. The van der Waals surface area contributed by atoms with Crippen molar-refractivity contribution in [2.45, 2.75) is 64.6 Å². The van der Waals surface area contributed by atoms with Gasteiger partial charge < -0.3 is 15.1 Å². The molecule has 1 aliphatic heterocycles. The summed E-state index contributed by atoms with van der Waals surface area (Å²) in [4.78, 5) is 28.3. The number of aryl methyl sites for hydroxylation is 1. The lowest BCUT2D eigenvalue weighted by molar-refractivity contribution is -0.143. The first-order valence-corrected chi connectivity index (χ1v) is 12.3. The number of urea groups is 1. The maximum Gasteiger partial charge on any atom is 0.416 e. The monoisotopic (exact) mass is 561 g/mol. The average molecular weight is 562 g/mol. The Morgan fingerprint density at radius 3 is 2.13 bits per heavy atom. The topological polar surface area (TPSA) is 52.7 Å². The van der Waals surface area contributed by atoms with Gasteiger partial charge in [-0.15, -0.1) is 0 Å². The Labute approximate surface area is 222 Å². The summed E-state index contributed by atoms with van der Waals surface area (Å²) in [6, 6.07) is 3.78. The number of nitrogens with zero attached hydrogens (tertiary/aromatic N) is 2. The van der Waals surface area contributed by atoms with E-state index >= 15 is 0 Å². The zero-order valence-electron chi connectivity index (χ0n) is 21.9. The summed E-state index contributed by atoms with van der Waals surface area (Å²) in [6.07, 6.45) is -9.33. The van der Waals surface area contributed by atoms with Gasteiger partial charge in [0.25, 0.3) is 0 Å². The molecule has 0 spiro atoms. The number of likely N-dealkylation sites (tertiary alicyclic amines) is 1. The van der Waals surface area contributed by atoms with Gasteiger partial charge >= 0.3 is 18.4 Å². The fraction of sp³-hybridized carbons (Fsp3) is 0.481. The van der Waals surface area contributed by atoms with Crippen molar-refractivity contribution in [3.8, 4) is 0 Å². The Morgan fingerprint density at radius 2 is 1.62 bits per heavy atom. The van der Waals surface area contributed by atoms with Crippen LogP contribution in [0.4, 0.5) is 35.5 Å². The number of alkyl halides is 6. The number of carbonyl (C=O) groups excluding carboxylic acids is 2. The van der Waals surface area contributed by atoms with Crippen LogP contribution in [0.15, 0.2) is 36.4 Å². The van der Waals surface area contributed by atoms with Crippen molar-refractivity contribution in [2.75, 3.05) is 13.6 Å². The van der Waals surface area contributed by atoms with Crippen molar-refractivity contribution in [1.82, 2.24) is 15.1 Å². The van der Waals surface area contributed by atoms with E-state index in [1.807, 2.05) is 0 Å². The molecule has 0 unspecified atom stereocenters. The summed E-state index contributed by atoms with van der Waals surface area (Å²) >= 11 is 0. The number of nitrogens with one attached hydrogen (secondary N) is 1. The van der Waals surface area contributed by atoms with Crippen molar-refractivity contribution in [2.24, 2.45) is 5.92 Å². The highest BCUT2D eigenvalue weighted by molar-refractivity contribution is 5.78. The van der Waals surface area contributed by atoms with Crippen LogP contribution in [0.3, 0.4) is 0 Å². The maximum atomic E-state index is 13.8. The molecule has 0 aliphatic carbocycles. The maximum absolute atomic E-state index is 13.8. The first kappa shape index (κ1) is 30.2. The van der Waals surface area contributed by atoms with E-state index in [9.17, 15) is 40.3 Å². The smallest absolute Gasteiger partial charge is 0.353 e. The van der Waals surface area contributed by atoms with Gasteiger partial charge in [0.2, 0.25) is 5.91 Å². The molecule has 1 N–H and O–H groups in total. The van der Waals surface area contributed by atoms with E-state index < -0.39 is 47.9 Å². The molecular formula is C27H30F7N3O2. The van der Waals surface area contributed by atoms with Gasteiger partial charge in [0.05, 0.1) is 17.2 Å². The summed E-state index contributed by atoms with van der Waals surface area (Å²) in [5, 5.41) is 2.94. The van der Waals surface area contributed by atoms with Crippen LogP contribution < -0.4 is 5.32 Å². The zero-order valence-corrected chi connectivity index (χ0v) is 21.9. The van der Waals surface area contributed by atoms with E-state index in [2.05, 4.69) is 5.32 Å². The van der Waals surface area contributed by atoms with Gasteiger partial charge in [0, 0.05) is 32.1 Å². The Kier molecular flexibility index (Phi) is 8.86. The fourth-order valence-electron chi connectivity index (χ4n) is 4.67. The van der Waals surface area contributed by atoms with E-state index in [0.29, 0.717) is 36.1 Å². The van der Waals surface area contributed by atoms with Crippen molar-refractivity contribution < 1.29 is 40.3 Å². The number of carbonyl (C=O) groups is 2. The van der Waals surface area contributed by atoms with Crippen LogP contribution in [0.2, 0.25) is 0 Å². The second-order valence-corrected chi connectivity index (χ2v) is 10.1. The lowest BCUT2D eigenvalue weighted by Crippen LogP contribution is -2.51. The number of benzene rings is 2. The molecule has 3 rings (SSSR count). The molecule has 2 aromatic carbocycles. The van der Waals surface area contributed by atoms with Crippen LogP contribution in [-0.2, 0) is 23.7 Å². The number of hydrogen-bond donors (Lipinski definition) is 1. The second-order valence-electron chi connectivity index (χ2n) is 10.1. The van der Waals surface area contributed by atoms with Gasteiger partial charge in [0.1, 0.15) is 5.82 Å². The highest BCUT2D eigenvalue weighted by Crippen LogP contribution is 2.37. The summed E-state index contributed by atoms with van der Waals surface area (Å²) in [5.41, 5.74) is -2.07. The first-order valence-electron chi connectivity index (χ1n) is 12.3. The molecule has 2 aromatic rings. The third kappa shape index (κ3) is 7.42. The molecule has 5 nitrogen and oxygen atoms in total. The van der Waals surface area contributed by atoms with Crippen molar-refractivity contribution >= 4 is 11.9 Å². The Bertz CT molecular complexity index is 1180.